The van der Waals surface area contributed by atoms with Crippen LogP contribution < -0.4 is 9.47 Å². The lowest BCUT2D eigenvalue weighted by Gasteiger charge is -2.23. The number of benzene rings is 2. The van der Waals surface area contributed by atoms with Crippen LogP contribution in [-0.4, -0.2) is 47.8 Å². The average molecular weight is 550 g/mol. The second-order valence-corrected chi connectivity index (χ2v) is 13.9. The Balaban J connectivity index is 0. The van der Waals surface area contributed by atoms with Crippen LogP contribution in [0.3, 0.4) is 0 Å². The highest BCUT2D eigenvalue weighted by Crippen LogP contribution is 2.28. The fourth-order valence-electron chi connectivity index (χ4n) is 2.33. The predicted molar refractivity (Wildman–Crippen MR) is 142 cm³/mol. The minimum absolute atomic E-state index is 0.124. The van der Waals surface area contributed by atoms with Crippen LogP contribution in [0.15, 0.2) is 66.2 Å². The van der Waals surface area contributed by atoms with Crippen molar-refractivity contribution in [2.24, 2.45) is 0 Å². The van der Waals surface area contributed by atoms with E-state index in [4.69, 9.17) is 49.8 Å². The van der Waals surface area contributed by atoms with Crippen molar-refractivity contribution in [1.82, 2.24) is 0 Å². The number of aliphatic carboxylic acids is 2. The zero-order valence-electron chi connectivity index (χ0n) is 20.2. The highest BCUT2D eigenvalue weighted by atomic mass is 35.8. The van der Waals surface area contributed by atoms with Crippen molar-refractivity contribution in [2.75, 3.05) is 14.2 Å². The largest absolute Gasteiger partial charge is 0.643 e. The van der Waals surface area contributed by atoms with Crippen LogP contribution in [0.2, 0.25) is 0 Å². The Morgan fingerprint density at radius 3 is 1.56 bits per heavy atom. The molecule has 0 aromatic heterocycles. The van der Waals surface area contributed by atoms with E-state index in [-0.39, 0.29) is 11.8 Å². The highest BCUT2D eigenvalue weighted by Gasteiger charge is 2.23. The van der Waals surface area contributed by atoms with E-state index in [1.54, 1.807) is 28.1 Å². The van der Waals surface area contributed by atoms with Gasteiger partial charge < -0.3 is 19.7 Å². The van der Waals surface area contributed by atoms with Crippen LogP contribution in [-0.2, 0) is 15.0 Å². The molecule has 0 aliphatic heterocycles. The summed E-state index contributed by atoms with van der Waals surface area (Å²) in [6, 6.07) is 17.2. The molecule has 0 aliphatic rings. The second-order valence-electron chi connectivity index (χ2n) is 7.51. The molecular formula is C24H32AlCl3O6. The normalized spacial score (nSPS) is 9.32. The number of carboxylic acid groups (broad SMARTS) is 2. The molecule has 188 valence electrons. The lowest BCUT2D eigenvalue weighted by molar-refractivity contribution is -0.138. The fraction of sp³-hybridized carbons (Fsp3) is 0.333. The van der Waals surface area contributed by atoms with E-state index in [1.165, 1.54) is 6.08 Å². The molecule has 0 saturated carbocycles. The Morgan fingerprint density at radius 1 is 0.882 bits per heavy atom. The van der Waals surface area contributed by atoms with Gasteiger partial charge in [0, 0.05) is 11.5 Å². The number of allylic oxidation sites excluding steroid dienone is 1. The summed E-state index contributed by atoms with van der Waals surface area (Å²) >= 11 is -1.72. The summed E-state index contributed by atoms with van der Waals surface area (Å²) < 4.78 is 9.96. The molecule has 2 N–H and O–H groups in total. The number of hydrogen-bond donors (Lipinski definition) is 2. The summed E-state index contributed by atoms with van der Waals surface area (Å²) in [7, 11) is 18.1. The van der Waals surface area contributed by atoms with Gasteiger partial charge in [-0.3, -0.25) is 4.79 Å². The molecule has 0 aliphatic carbocycles. The number of halogens is 3. The molecule has 0 radical (unpaired) electrons. The van der Waals surface area contributed by atoms with Gasteiger partial charge in [0.05, 0.1) is 20.6 Å². The van der Waals surface area contributed by atoms with Crippen molar-refractivity contribution in [1.29, 1.82) is 0 Å². The standard InChI is InChI=1S/C12H16O3.C7H8O.C5H8O2.Al.3ClH/c1-12(2,8-11(13)14)9-4-6-10(15-3)7-5-9;1-8-7-5-3-2-4-6-7;1-4(2)3-5(6)7;;;;/h4-7H,8H2,1-3H3,(H,13,14);2-6H,1H3;3H,1-2H3,(H,6,7);;3*1H/q;;;+3;;;/p-3. The van der Waals surface area contributed by atoms with Crippen LogP contribution in [0.5, 0.6) is 11.5 Å². The van der Waals surface area contributed by atoms with Gasteiger partial charge in [-0.15, -0.1) is 0 Å². The van der Waals surface area contributed by atoms with Crippen molar-refractivity contribution in [2.45, 2.75) is 39.5 Å². The van der Waals surface area contributed by atoms with Gasteiger partial charge in [-0.1, -0.05) is 49.8 Å². The summed E-state index contributed by atoms with van der Waals surface area (Å²) in [6.07, 6.45) is 1.29. The summed E-state index contributed by atoms with van der Waals surface area (Å²) in [5, 5.41) is 16.8. The molecule has 0 fully saturated rings. The zero-order chi connectivity index (χ0) is 26.7. The van der Waals surface area contributed by atoms with Gasteiger partial charge in [0.15, 0.2) is 0 Å². The van der Waals surface area contributed by atoms with Crippen LogP contribution in [0.25, 0.3) is 0 Å². The first-order valence-electron chi connectivity index (χ1n) is 10.0. The minimum atomic E-state index is -1.72. The van der Waals surface area contributed by atoms with Crippen molar-refractivity contribution in [3.05, 3.63) is 71.8 Å². The van der Waals surface area contributed by atoms with Crippen molar-refractivity contribution in [3.8, 4) is 11.5 Å². The molecule has 0 amide bonds. The number of hydrogen-bond acceptors (Lipinski definition) is 4. The molecule has 0 spiro atoms. The maximum atomic E-state index is 10.7. The third-order valence-corrected chi connectivity index (χ3v) is 3.86. The van der Waals surface area contributed by atoms with Crippen molar-refractivity contribution >= 4 is 53.5 Å². The minimum Gasteiger partial charge on any atom is -0.497 e. The number of carbonyl (C=O) groups is 2. The Hall–Kier alpha value is -1.88. The van der Waals surface area contributed by atoms with Crippen LogP contribution in [0.1, 0.15) is 39.7 Å². The number of para-hydroxylation sites is 1. The third kappa shape index (κ3) is 20.7. The smallest absolute Gasteiger partial charge is 0.497 e. The quantitative estimate of drug-likeness (QED) is 0.302. The molecule has 2 aromatic carbocycles. The molecule has 0 unspecified atom stereocenters. The Labute approximate surface area is 219 Å². The SMILES string of the molecule is CC(C)=CC(=O)O.COc1ccc(C(C)(C)CC(=O)O)cc1.COc1ccccc1.[Cl][Al]([Cl])[Cl]. The van der Waals surface area contributed by atoms with Crippen molar-refractivity contribution < 1.29 is 29.3 Å². The predicted octanol–water partition coefficient (Wildman–Crippen LogP) is 6.87. The summed E-state index contributed by atoms with van der Waals surface area (Å²) in [5.41, 5.74) is 1.47. The van der Waals surface area contributed by atoms with Gasteiger partial charge in [-0.05, 0) is 43.7 Å². The first-order chi connectivity index (χ1) is 15.7. The number of carboxylic acids is 2. The van der Waals surface area contributed by atoms with Gasteiger partial charge in [0.25, 0.3) is 0 Å². The first kappa shape index (κ1) is 34.3. The topological polar surface area (TPSA) is 93.1 Å². The van der Waals surface area contributed by atoms with E-state index in [1.807, 2.05) is 68.4 Å². The molecule has 0 atom stereocenters. The molecular weight excluding hydrogens is 518 g/mol. The van der Waals surface area contributed by atoms with E-state index in [2.05, 4.69) is 0 Å². The Kier molecular flexibility index (Phi) is 19.6. The van der Waals surface area contributed by atoms with E-state index >= 15 is 0 Å². The third-order valence-electron chi connectivity index (χ3n) is 3.86. The fourth-order valence-corrected chi connectivity index (χ4v) is 2.33. The van der Waals surface area contributed by atoms with E-state index in [9.17, 15) is 9.59 Å². The van der Waals surface area contributed by atoms with Crippen LogP contribution in [0.4, 0.5) is 0 Å². The van der Waals surface area contributed by atoms with E-state index in [0.717, 1.165) is 22.6 Å². The zero-order valence-corrected chi connectivity index (χ0v) is 23.6. The van der Waals surface area contributed by atoms with Crippen LogP contribution >= 0.6 is 30.1 Å². The molecule has 6 nitrogen and oxygen atoms in total. The number of rotatable bonds is 6. The first-order valence-corrected chi connectivity index (χ1v) is 15.2. The molecule has 0 bridgehead atoms. The van der Waals surface area contributed by atoms with Crippen LogP contribution in [0, 0.1) is 0 Å². The molecule has 2 rings (SSSR count). The van der Waals surface area contributed by atoms with Gasteiger partial charge in [0.1, 0.15) is 11.5 Å². The molecule has 0 saturated heterocycles. The molecule has 0 heterocycles. The Bertz CT molecular complexity index is 850. The monoisotopic (exact) mass is 548 g/mol. The second kappa shape index (κ2) is 19.4. The summed E-state index contributed by atoms with van der Waals surface area (Å²) in [6.45, 7) is 7.33. The molecule has 2 aromatic rings. The van der Waals surface area contributed by atoms with Gasteiger partial charge in [-0.25, -0.2) is 34.9 Å². The molecule has 34 heavy (non-hydrogen) atoms. The summed E-state index contributed by atoms with van der Waals surface area (Å²) in [4.78, 5) is 20.4. The van der Waals surface area contributed by atoms with Gasteiger partial charge in [0.2, 0.25) is 0 Å². The number of ether oxygens (including phenoxy) is 2. The molecule has 10 heteroatoms. The number of methoxy groups -OCH3 is 2. The summed E-state index contributed by atoms with van der Waals surface area (Å²) in [5.74, 6) is 0.0354. The average Bonchev–Trinajstić information content (AvgIpc) is 2.73. The van der Waals surface area contributed by atoms with Crippen molar-refractivity contribution in [3.63, 3.8) is 0 Å². The van der Waals surface area contributed by atoms with Gasteiger partial charge in [-0.2, -0.15) is 0 Å². The highest BCUT2D eigenvalue weighted by molar-refractivity contribution is 7.54. The van der Waals surface area contributed by atoms with E-state index < -0.39 is 23.3 Å². The maximum absolute atomic E-state index is 10.7. The lowest BCUT2D eigenvalue weighted by atomic mass is 9.82. The lowest BCUT2D eigenvalue weighted by Crippen LogP contribution is -2.21. The van der Waals surface area contributed by atoms with E-state index in [0.29, 0.717) is 0 Å². The maximum Gasteiger partial charge on any atom is 0.643 e. The van der Waals surface area contributed by atoms with Gasteiger partial charge >= 0.3 is 23.3 Å². The Morgan fingerprint density at radius 2 is 1.29 bits per heavy atom.